The van der Waals surface area contributed by atoms with Crippen LogP contribution < -0.4 is 0 Å². The highest BCUT2D eigenvalue weighted by molar-refractivity contribution is 9.09. The van der Waals surface area contributed by atoms with Crippen molar-refractivity contribution in [2.24, 2.45) is 11.8 Å². The first-order chi connectivity index (χ1) is 8.31. The standard InChI is InChI=1S/C16H23Br/c1-2-6-13-9-11-15(12-10-13)16(17)14-7-4-3-5-8-14/h3-5,7-8,13,15-16H,2,6,9-12H2,1H3. The van der Waals surface area contributed by atoms with Gasteiger partial charge in [-0.05, 0) is 30.2 Å². The van der Waals surface area contributed by atoms with E-state index in [2.05, 4.69) is 53.2 Å². The number of alkyl halides is 1. The van der Waals surface area contributed by atoms with Crippen molar-refractivity contribution < 1.29 is 0 Å². The van der Waals surface area contributed by atoms with Crippen LogP contribution in [-0.2, 0) is 0 Å². The van der Waals surface area contributed by atoms with Gasteiger partial charge in [-0.3, -0.25) is 0 Å². The van der Waals surface area contributed by atoms with Crippen LogP contribution in [0.3, 0.4) is 0 Å². The molecular formula is C16H23Br. The van der Waals surface area contributed by atoms with E-state index >= 15 is 0 Å². The van der Waals surface area contributed by atoms with E-state index in [1.807, 2.05) is 0 Å². The van der Waals surface area contributed by atoms with Crippen LogP contribution in [0, 0.1) is 11.8 Å². The SMILES string of the molecule is CCCC1CCC(C(Br)c2ccccc2)CC1. The van der Waals surface area contributed by atoms with Gasteiger partial charge in [-0.2, -0.15) is 0 Å². The fourth-order valence-corrected chi connectivity index (χ4v) is 3.92. The highest BCUT2D eigenvalue weighted by atomic mass is 79.9. The predicted molar refractivity (Wildman–Crippen MR) is 78.5 cm³/mol. The van der Waals surface area contributed by atoms with Gasteiger partial charge in [0.15, 0.2) is 0 Å². The molecule has 2 rings (SSSR count). The molecule has 1 heteroatoms. The van der Waals surface area contributed by atoms with Crippen molar-refractivity contribution in [2.75, 3.05) is 0 Å². The summed E-state index contributed by atoms with van der Waals surface area (Å²) in [6.45, 7) is 2.31. The monoisotopic (exact) mass is 294 g/mol. The van der Waals surface area contributed by atoms with Crippen LogP contribution in [0.5, 0.6) is 0 Å². The molecule has 1 aliphatic rings. The molecule has 0 heterocycles. The molecule has 0 spiro atoms. The van der Waals surface area contributed by atoms with Crippen molar-refractivity contribution in [2.45, 2.75) is 50.3 Å². The molecule has 1 aliphatic carbocycles. The Morgan fingerprint density at radius 3 is 2.35 bits per heavy atom. The minimum Gasteiger partial charge on any atom is -0.0836 e. The van der Waals surface area contributed by atoms with Crippen LogP contribution in [0.15, 0.2) is 30.3 Å². The molecule has 94 valence electrons. The highest BCUT2D eigenvalue weighted by Crippen LogP contribution is 2.42. The van der Waals surface area contributed by atoms with Gasteiger partial charge in [0.25, 0.3) is 0 Å². The molecule has 17 heavy (non-hydrogen) atoms. The van der Waals surface area contributed by atoms with E-state index in [0.717, 1.165) is 11.8 Å². The zero-order valence-electron chi connectivity index (χ0n) is 10.7. The van der Waals surface area contributed by atoms with Crippen LogP contribution in [0.4, 0.5) is 0 Å². The molecule has 0 aromatic heterocycles. The summed E-state index contributed by atoms with van der Waals surface area (Å²) in [6.07, 6.45) is 8.46. The molecule has 0 aliphatic heterocycles. The Balaban J connectivity index is 1.88. The minimum absolute atomic E-state index is 0.561. The summed E-state index contributed by atoms with van der Waals surface area (Å²) in [5.41, 5.74) is 1.45. The van der Waals surface area contributed by atoms with Gasteiger partial charge in [0, 0.05) is 4.83 Å². The fraction of sp³-hybridized carbons (Fsp3) is 0.625. The number of benzene rings is 1. The maximum absolute atomic E-state index is 3.91. The second-order valence-corrected chi connectivity index (χ2v) is 6.37. The Morgan fingerprint density at radius 1 is 1.12 bits per heavy atom. The number of hydrogen-bond acceptors (Lipinski definition) is 0. The number of hydrogen-bond donors (Lipinski definition) is 0. The van der Waals surface area contributed by atoms with Gasteiger partial charge >= 0.3 is 0 Å². The van der Waals surface area contributed by atoms with Gasteiger partial charge in [-0.25, -0.2) is 0 Å². The lowest BCUT2D eigenvalue weighted by atomic mass is 9.78. The smallest absolute Gasteiger partial charge is 0.0423 e. The van der Waals surface area contributed by atoms with E-state index < -0.39 is 0 Å². The maximum Gasteiger partial charge on any atom is 0.0423 e. The first kappa shape index (κ1) is 13.1. The van der Waals surface area contributed by atoms with Crippen molar-refractivity contribution in [3.63, 3.8) is 0 Å². The lowest BCUT2D eigenvalue weighted by Gasteiger charge is -2.31. The summed E-state index contributed by atoms with van der Waals surface area (Å²) in [5, 5.41) is 0. The van der Waals surface area contributed by atoms with Gasteiger partial charge in [-0.15, -0.1) is 0 Å². The Kier molecular flexibility index (Phi) is 5.09. The second-order valence-electron chi connectivity index (χ2n) is 5.38. The van der Waals surface area contributed by atoms with Crippen molar-refractivity contribution in [1.29, 1.82) is 0 Å². The van der Waals surface area contributed by atoms with Gasteiger partial charge in [0.05, 0.1) is 0 Å². The fourth-order valence-electron chi connectivity index (χ4n) is 3.09. The van der Waals surface area contributed by atoms with E-state index in [1.165, 1.54) is 44.1 Å². The summed E-state index contributed by atoms with van der Waals surface area (Å²) < 4.78 is 0. The molecule has 1 saturated carbocycles. The first-order valence-electron chi connectivity index (χ1n) is 7.00. The molecule has 1 aromatic carbocycles. The van der Waals surface area contributed by atoms with E-state index in [4.69, 9.17) is 0 Å². The van der Waals surface area contributed by atoms with E-state index in [0.29, 0.717) is 4.83 Å². The molecule has 1 aromatic rings. The van der Waals surface area contributed by atoms with Crippen LogP contribution in [-0.4, -0.2) is 0 Å². The van der Waals surface area contributed by atoms with E-state index in [-0.39, 0.29) is 0 Å². The molecule has 1 fully saturated rings. The highest BCUT2D eigenvalue weighted by Gasteiger charge is 2.26. The molecule has 0 amide bonds. The Hall–Kier alpha value is -0.300. The average molecular weight is 295 g/mol. The predicted octanol–water partition coefficient (Wildman–Crippen LogP) is 5.73. The van der Waals surface area contributed by atoms with Crippen LogP contribution in [0.1, 0.15) is 55.8 Å². The molecule has 0 nitrogen and oxygen atoms in total. The topological polar surface area (TPSA) is 0 Å². The molecule has 1 unspecified atom stereocenters. The maximum atomic E-state index is 3.91. The molecule has 0 radical (unpaired) electrons. The Bertz CT molecular complexity index is 312. The molecule has 0 saturated heterocycles. The van der Waals surface area contributed by atoms with Crippen LogP contribution >= 0.6 is 15.9 Å². The molecule has 0 bridgehead atoms. The lowest BCUT2D eigenvalue weighted by molar-refractivity contribution is 0.260. The zero-order valence-corrected chi connectivity index (χ0v) is 12.3. The van der Waals surface area contributed by atoms with Gasteiger partial charge in [-0.1, -0.05) is 78.9 Å². The molecule has 0 N–H and O–H groups in total. The van der Waals surface area contributed by atoms with Crippen molar-refractivity contribution in [1.82, 2.24) is 0 Å². The van der Waals surface area contributed by atoms with Crippen molar-refractivity contribution in [3.05, 3.63) is 35.9 Å². The van der Waals surface area contributed by atoms with Crippen molar-refractivity contribution in [3.8, 4) is 0 Å². The largest absolute Gasteiger partial charge is 0.0836 e. The third-order valence-corrected chi connectivity index (χ3v) is 5.40. The zero-order chi connectivity index (χ0) is 12.1. The summed E-state index contributed by atoms with van der Waals surface area (Å²) in [5.74, 6) is 1.84. The normalized spacial score (nSPS) is 26.7. The van der Waals surface area contributed by atoms with Gasteiger partial charge in [0.2, 0.25) is 0 Å². The van der Waals surface area contributed by atoms with Crippen molar-refractivity contribution >= 4 is 15.9 Å². The van der Waals surface area contributed by atoms with Gasteiger partial charge < -0.3 is 0 Å². The molecular weight excluding hydrogens is 272 g/mol. The first-order valence-corrected chi connectivity index (χ1v) is 7.91. The summed E-state index contributed by atoms with van der Waals surface area (Å²) in [4.78, 5) is 0.561. The molecule has 1 atom stereocenters. The summed E-state index contributed by atoms with van der Waals surface area (Å²) >= 11 is 3.91. The third kappa shape index (κ3) is 3.58. The lowest BCUT2D eigenvalue weighted by Crippen LogP contribution is -2.17. The van der Waals surface area contributed by atoms with E-state index in [9.17, 15) is 0 Å². The third-order valence-electron chi connectivity index (χ3n) is 4.12. The minimum atomic E-state index is 0.561. The van der Waals surface area contributed by atoms with Crippen LogP contribution in [0.25, 0.3) is 0 Å². The van der Waals surface area contributed by atoms with Crippen LogP contribution in [0.2, 0.25) is 0 Å². The van der Waals surface area contributed by atoms with Gasteiger partial charge in [0.1, 0.15) is 0 Å². The van der Waals surface area contributed by atoms with E-state index in [1.54, 1.807) is 0 Å². The summed E-state index contributed by atoms with van der Waals surface area (Å²) in [7, 11) is 0. The number of rotatable bonds is 4. The quantitative estimate of drug-likeness (QED) is 0.622. The Labute approximate surface area is 114 Å². The number of halogens is 1. The Morgan fingerprint density at radius 2 is 1.76 bits per heavy atom. The summed E-state index contributed by atoms with van der Waals surface area (Å²) in [6, 6.07) is 10.9. The second kappa shape index (κ2) is 6.58. The average Bonchev–Trinajstić information content (AvgIpc) is 2.40.